The SMILES string of the molecule is CCCc1cc(CNC)cc(N2CCn3cnnc3C2)n1. The Morgan fingerprint density at radius 2 is 2.19 bits per heavy atom. The number of anilines is 1. The summed E-state index contributed by atoms with van der Waals surface area (Å²) in [4.78, 5) is 7.12. The molecule has 0 aliphatic carbocycles. The number of nitrogens with zero attached hydrogens (tertiary/aromatic N) is 5. The van der Waals surface area contributed by atoms with Gasteiger partial charge in [0.2, 0.25) is 0 Å². The summed E-state index contributed by atoms with van der Waals surface area (Å²) in [6, 6.07) is 4.39. The molecule has 1 aliphatic heterocycles. The maximum absolute atomic E-state index is 4.83. The van der Waals surface area contributed by atoms with Crippen molar-refractivity contribution in [2.45, 2.75) is 39.4 Å². The van der Waals surface area contributed by atoms with E-state index >= 15 is 0 Å². The molecule has 0 radical (unpaired) electrons. The highest BCUT2D eigenvalue weighted by Crippen LogP contribution is 2.20. The van der Waals surface area contributed by atoms with E-state index in [1.807, 2.05) is 7.05 Å². The van der Waals surface area contributed by atoms with Crippen LogP contribution in [-0.2, 0) is 26.1 Å². The summed E-state index contributed by atoms with van der Waals surface area (Å²) >= 11 is 0. The average Bonchev–Trinajstić information content (AvgIpc) is 2.95. The second-order valence-corrected chi connectivity index (χ2v) is 5.47. The monoisotopic (exact) mass is 286 g/mol. The van der Waals surface area contributed by atoms with E-state index in [1.54, 1.807) is 6.33 Å². The van der Waals surface area contributed by atoms with Crippen LogP contribution >= 0.6 is 0 Å². The first-order valence-corrected chi connectivity index (χ1v) is 7.56. The third-order valence-electron chi connectivity index (χ3n) is 3.77. The summed E-state index contributed by atoms with van der Waals surface area (Å²) in [5.41, 5.74) is 2.46. The van der Waals surface area contributed by atoms with Crippen LogP contribution in [0.25, 0.3) is 0 Å². The van der Waals surface area contributed by atoms with Crippen molar-refractivity contribution in [1.29, 1.82) is 0 Å². The molecule has 112 valence electrons. The molecule has 0 saturated heterocycles. The van der Waals surface area contributed by atoms with Crippen LogP contribution in [0, 0.1) is 0 Å². The fraction of sp³-hybridized carbons (Fsp3) is 0.533. The first kappa shape index (κ1) is 14.0. The second kappa shape index (κ2) is 6.22. The van der Waals surface area contributed by atoms with E-state index in [4.69, 9.17) is 4.98 Å². The molecule has 0 amide bonds. The van der Waals surface area contributed by atoms with Crippen LogP contribution in [0.5, 0.6) is 0 Å². The smallest absolute Gasteiger partial charge is 0.152 e. The van der Waals surface area contributed by atoms with Gasteiger partial charge in [0, 0.05) is 25.3 Å². The van der Waals surface area contributed by atoms with Gasteiger partial charge in [0.05, 0.1) is 6.54 Å². The summed E-state index contributed by atoms with van der Waals surface area (Å²) in [6.45, 7) is 5.71. The fourth-order valence-corrected chi connectivity index (χ4v) is 2.75. The first-order chi connectivity index (χ1) is 10.3. The van der Waals surface area contributed by atoms with Gasteiger partial charge in [-0.15, -0.1) is 10.2 Å². The number of pyridine rings is 1. The predicted molar refractivity (Wildman–Crippen MR) is 82.1 cm³/mol. The molecule has 2 aromatic heterocycles. The molecule has 0 spiro atoms. The van der Waals surface area contributed by atoms with E-state index in [2.05, 4.69) is 44.0 Å². The summed E-state index contributed by atoms with van der Waals surface area (Å²) in [6.07, 6.45) is 3.94. The van der Waals surface area contributed by atoms with E-state index in [0.717, 1.165) is 50.7 Å². The van der Waals surface area contributed by atoms with Gasteiger partial charge < -0.3 is 14.8 Å². The summed E-state index contributed by atoms with van der Waals surface area (Å²) in [7, 11) is 1.98. The van der Waals surface area contributed by atoms with Crippen LogP contribution in [0.1, 0.15) is 30.4 Å². The maximum Gasteiger partial charge on any atom is 0.152 e. The maximum atomic E-state index is 4.83. The largest absolute Gasteiger partial charge is 0.347 e. The highest BCUT2D eigenvalue weighted by atomic mass is 15.3. The van der Waals surface area contributed by atoms with Gasteiger partial charge in [0.15, 0.2) is 5.82 Å². The standard InChI is InChI=1S/C15H22N6/c1-3-4-13-7-12(9-16-2)8-14(18-13)20-5-6-21-11-17-19-15(21)10-20/h7-8,11,16H,3-6,9-10H2,1-2H3. The zero-order valence-corrected chi connectivity index (χ0v) is 12.7. The molecule has 3 rings (SSSR count). The van der Waals surface area contributed by atoms with Crippen molar-refractivity contribution in [1.82, 2.24) is 25.1 Å². The number of aryl methyl sites for hydroxylation is 1. The minimum atomic E-state index is 0.779. The topological polar surface area (TPSA) is 58.9 Å². The van der Waals surface area contributed by atoms with E-state index < -0.39 is 0 Å². The molecule has 1 N–H and O–H groups in total. The molecule has 6 nitrogen and oxygen atoms in total. The summed E-state index contributed by atoms with van der Waals surface area (Å²) in [5.74, 6) is 2.07. The van der Waals surface area contributed by atoms with Gasteiger partial charge in [0.25, 0.3) is 0 Å². The van der Waals surface area contributed by atoms with Gasteiger partial charge in [0.1, 0.15) is 12.1 Å². The van der Waals surface area contributed by atoms with Crippen LogP contribution in [-0.4, -0.2) is 33.3 Å². The van der Waals surface area contributed by atoms with Crippen molar-refractivity contribution < 1.29 is 0 Å². The van der Waals surface area contributed by atoms with Crippen LogP contribution in [0.4, 0.5) is 5.82 Å². The Hall–Kier alpha value is -1.95. The third kappa shape index (κ3) is 3.05. The minimum absolute atomic E-state index is 0.779. The highest BCUT2D eigenvalue weighted by molar-refractivity contribution is 5.43. The quantitative estimate of drug-likeness (QED) is 0.899. The number of hydrogen-bond acceptors (Lipinski definition) is 5. The molecule has 1 aliphatic rings. The molecule has 0 saturated carbocycles. The van der Waals surface area contributed by atoms with Crippen molar-refractivity contribution in [3.63, 3.8) is 0 Å². The van der Waals surface area contributed by atoms with Gasteiger partial charge in [-0.1, -0.05) is 13.3 Å². The predicted octanol–water partition coefficient (Wildman–Crippen LogP) is 1.37. The number of hydrogen-bond donors (Lipinski definition) is 1. The normalized spacial score (nSPS) is 14.3. The van der Waals surface area contributed by atoms with Gasteiger partial charge in [-0.05, 0) is 31.2 Å². The summed E-state index contributed by atoms with van der Waals surface area (Å²) < 4.78 is 2.11. The van der Waals surface area contributed by atoms with Crippen LogP contribution in [0.15, 0.2) is 18.5 Å². The molecule has 0 aromatic carbocycles. The average molecular weight is 286 g/mol. The van der Waals surface area contributed by atoms with E-state index in [-0.39, 0.29) is 0 Å². The zero-order chi connectivity index (χ0) is 14.7. The highest BCUT2D eigenvalue weighted by Gasteiger charge is 2.19. The molecule has 0 atom stereocenters. The molecule has 21 heavy (non-hydrogen) atoms. The molecule has 3 heterocycles. The molecular formula is C15H22N6. The van der Waals surface area contributed by atoms with E-state index in [1.165, 1.54) is 11.3 Å². The number of aromatic nitrogens is 4. The minimum Gasteiger partial charge on any atom is -0.347 e. The second-order valence-electron chi connectivity index (χ2n) is 5.47. The molecule has 2 aromatic rings. The Bertz CT molecular complexity index is 582. The van der Waals surface area contributed by atoms with Crippen molar-refractivity contribution in [3.8, 4) is 0 Å². The van der Waals surface area contributed by atoms with Crippen molar-refractivity contribution >= 4 is 5.82 Å². The lowest BCUT2D eigenvalue weighted by Gasteiger charge is -2.28. The third-order valence-corrected chi connectivity index (χ3v) is 3.77. The Kier molecular flexibility index (Phi) is 4.15. The lowest BCUT2D eigenvalue weighted by molar-refractivity contribution is 0.555. The molecule has 0 bridgehead atoms. The van der Waals surface area contributed by atoms with Gasteiger partial charge >= 0.3 is 0 Å². The zero-order valence-electron chi connectivity index (χ0n) is 12.7. The molecule has 6 heteroatoms. The van der Waals surface area contributed by atoms with Crippen molar-refractivity contribution in [3.05, 3.63) is 35.5 Å². The molecule has 0 fully saturated rings. The fourth-order valence-electron chi connectivity index (χ4n) is 2.75. The van der Waals surface area contributed by atoms with Crippen molar-refractivity contribution in [2.75, 3.05) is 18.5 Å². The Morgan fingerprint density at radius 3 is 3.00 bits per heavy atom. The number of fused-ring (bicyclic) bond motifs is 1. The number of rotatable bonds is 5. The van der Waals surface area contributed by atoms with E-state index in [0.29, 0.717) is 0 Å². The Balaban J connectivity index is 1.87. The summed E-state index contributed by atoms with van der Waals surface area (Å²) in [5, 5.41) is 11.4. The lowest BCUT2D eigenvalue weighted by atomic mass is 10.1. The Morgan fingerprint density at radius 1 is 1.29 bits per heavy atom. The van der Waals surface area contributed by atoms with Crippen LogP contribution in [0.3, 0.4) is 0 Å². The van der Waals surface area contributed by atoms with Gasteiger partial charge in [-0.2, -0.15) is 0 Å². The van der Waals surface area contributed by atoms with Crippen molar-refractivity contribution in [2.24, 2.45) is 0 Å². The van der Waals surface area contributed by atoms with Gasteiger partial charge in [-0.3, -0.25) is 0 Å². The first-order valence-electron chi connectivity index (χ1n) is 7.56. The van der Waals surface area contributed by atoms with Crippen LogP contribution in [0.2, 0.25) is 0 Å². The molecule has 0 unspecified atom stereocenters. The lowest BCUT2D eigenvalue weighted by Crippen LogP contribution is -2.34. The Labute approximate surface area is 125 Å². The number of nitrogens with one attached hydrogen (secondary N) is 1. The van der Waals surface area contributed by atoms with Gasteiger partial charge in [-0.25, -0.2) is 4.98 Å². The van der Waals surface area contributed by atoms with Crippen LogP contribution < -0.4 is 10.2 Å². The molecular weight excluding hydrogens is 264 g/mol. The van der Waals surface area contributed by atoms with E-state index in [9.17, 15) is 0 Å².